The monoisotopic (exact) mass is 348 g/mol. The van der Waals surface area contributed by atoms with Gasteiger partial charge in [-0.1, -0.05) is 24.3 Å². The number of carbonyl (C=O) groups is 1. The van der Waals surface area contributed by atoms with Crippen LogP contribution in [-0.2, 0) is 6.42 Å². The second kappa shape index (κ2) is 7.00. The highest BCUT2D eigenvalue weighted by molar-refractivity contribution is 5.93. The van der Waals surface area contributed by atoms with Crippen LogP contribution < -0.4 is 15.8 Å². The van der Waals surface area contributed by atoms with E-state index in [-0.39, 0.29) is 17.0 Å². The molecule has 132 valence electrons. The van der Waals surface area contributed by atoms with Crippen molar-refractivity contribution in [3.05, 3.63) is 76.3 Å². The average Bonchev–Trinajstić information content (AvgIpc) is 2.68. The largest absolute Gasteiger partial charge is 0.370 e. The molecule has 1 aromatic carbocycles. The molecule has 1 amide bonds. The van der Waals surface area contributed by atoms with Gasteiger partial charge in [-0.3, -0.25) is 14.0 Å². The molecule has 26 heavy (non-hydrogen) atoms. The molecule has 0 unspecified atom stereocenters. The van der Waals surface area contributed by atoms with Gasteiger partial charge in [-0.15, -0.1) is 0 Å². The van der Waals surface area contributed by atoms with E-state index in [0.717, 1.165) is 19.4 Å². The van der Waals surface area contributed by atoms with Crippen molar-refractivity contribution in [1.82, 2.24) is 14.7 Å². The molecule has 3 aromatic rings. The van der Waals surface area contributed by atoms with E-state index in [1.54, 1.807) is 24.4 Å². The van der Waals surface area contributed by atoms with Crippen LogP contribution in [0.15, 0.2) is 59.7 Å². The molecule has 0 saturated heterocycles. The maximum atomic E-state index is 12.5. The lowest BCUT2D eigenvalue weighted by molar-refractivity contribution is 0.0952. The molecule has 0 aliphatic carbocycles. The second-order valence-corrected chi connectivity index (χ2v) is 6.38. The first-order chi connectivity index (χ1) is 12.7. The Morgan fingerprint density at radius 3 is 2.92 bits per heavy atom. The zero-order chi connectivity index (χ0) is 17.9. The molecule has 2 aromatic heterocycles. The van der Waals surface area contributed by atoms with E-state index in [4.69, 9.17) is 0 Å². The first kappa shape index (κ1) is 16.3. The number of aryl methyl sites for hydroxylation is 1. The number of hydrogen-bond donors (Lipinski definition) is 1. The molecule has 6 nitrogen and oxygen atoms in total. The maximum Gasteiger partial charge on any atom is 0.270 e. The molecule has 0 bridgehead atoms. The van der Waals surface area contributed by atoms with Crippen molar-refractivity contribution in [3.63, 3.8) is 0 Å². The number of carbonyl (C=O) groups excluding carboxylic acids is 1. The van der Waals surface area contributed by atoms with Gasteiger partial charge < -0.3 is 10.2 Å². The van der Waals surface area contributed by atoms with E-state index in [1.165, 1.54) is 21.8 Å². The summed E-state index contributed by atoms with van der Waals surface area (Å²) in [6.07, 6.45) is 5.18. The van der Waals surface area contributed by atoms with E-state index in [0.29, 0.717) is 18.7 Å². The number of fused-ring (bicyclic) bond motifs is 2. The van der Waals surface area contributed by atoms with Crippen LogP contribution in [0.5, 0.6) is 0 Å². The number of nitrogens with zero attached hydrogens (tertiary/aromatic N) is 3. The fourth-order valence-electron chi connectivity index (χ4n) is 3.43. The van der Waals surface area contributed by atoms with Crippen LogP contribution >= 0.6 is 0 Å². The molecule has 1 aliphatic rings. The standard InChI is InChI=1S/C20H20N4O2/c25-19(16-14-22-18-9-3-4-12-24(18)20(16)26)21-10-13-23-11-5-7-15-6-1-2-8-17(15)23/h1-4,6,8-9,12,14H,5,7,10-11,13H2,(H,21,25). The van der Waals surface area contributed by atoms with Gasteiger partial charge in [0.15, 0.2) is 0 Å². The molecule has 4 rings (SSSR count). The SMILES string of the molecule is O=C(NCCN1CCCc2ccccc21)c1cnc2ccccn2c1=O. The van der Waals surface area contributed by atoms with Crippen molar-refractivity contribution in [2.75, 3.05) is 24.5 Å². The van der Waals surface area contributed by atoms with Crippen LogP contribution in [-0.4, -0.2) is 34.9 Å². The molecule has 0 fully saturated rings. The third kappa shape index (κ3) is 3.06. The van der Waals surface area contributed by atoms with E-state index >= 15 is 0 Å². The summed E-state index contributed by atoms with van der Waals surface area (Å²) in [6.45, 7) is 2.17. The molecule has 0 atom stereocenters. The Balaban J connectivity index is 1.44. The van der Waals surface area contributed by atoms with E-state index in [2.05, 4.69) is 33.4 Å². The van der Waals surface area contributed by atoms with Crippen LogP contribution in [0.1, 0.15) is 22.3 Å². The van der Waals surface area contributed by atoms with Crippen molar-refractivity contribution >= 4 is 17.2 Å². The Bertz CT molecular complexity index is 1010. The lowest BCUT2D eigenvalue weighted by Crippen LogP contribution is -2.39. The molecule has 0 radical (unpaired) electrons. The van der Waals surface area contributed by atoms with E-state index in [9.17, 15) is 9.59 Å². The Hall–Kier alpha value is -3.15. The van der Waals surface area contributed by atoms with Crippen molar-refractivity contribution in [2.45, 2.75) is 12.8 Å². The number of anilines is 1. The van der Waals surface area contributed by atoms with Gasteiger partial charge in [-0.2, -0.15) is 0 Å². The molecule has 6 heteroatoms. The lowest BCUT2D eigenvalue weighted by Gasteiger charge is -2.31. The molecular formula is C20H20N4O2. The van der Waals surface area contributed by atoms with Gasteiger partial charge in [0.2, 0.25) is 0 Å². The fourth-order valence-corrected chi connectivity index (χ4v) is 3.43. The fraction of sp³-hybridized carbons (Fsp3) is 0.250. The average molecular weight is 348 g/mol. The second-order valence-electron chi connectivity index (χ2n) is 6.38. The van der Waals surface area contributed by atoms with Gasteiger partial charge in [-0.05, 0) is 36.6 Å². The minimum absolute atomic E-state index is 0.0627. The van der Waals surface area contributed by atoms with Gasteiger partial charge in [-0.25, -0.2) is 4.98 Å². The topological polar surface area (TPSA) is 66.7 Å². The van der Waals surface area contributed by atoms with E-state index in [1.807, 2.05) is 6.07 Å². The lowest BCUT2D eigenvalue weighted by atomic mass is 10.0. The van der Waals surface area contributed by atoms with Gasteiger partial charge in [0.25, 0.3) is 11.5 Å². The normalized spacial score (nSPS) is 13.5. The summed E-state index contributed by atoms with van der Waals surface area (Å²) in [4.78, 5) is 31.3. The Labute approximate surface area is 151 Å². The highest BCUT2D eigenvalue weighted by Crippen LogP contribution is 2.25. The van der Waals surface area contributed by atoms with Gasteiger partial charge in [0.1, 0.15) is 11.2 Å². The van der Waals surface area contributed by atoms with Gasteiger partial charge in [0.05, 0.1) is 0 Å². The minimum Gasteiger partial charge on any atom is -0.370 e. The summed E-state index contributed by atoms with van der Waals surface area (Å²) in [7, 11) is 0. The third-order valence-electron chi connectivity index (χ3n) is 4.73. The van der Waals surface area contributed by atoms with Crippen molar-refractivity contribution in [2.24, 2.45) is 0 Å². The number of hydrogen-bond acceptors (Lipinski definition) is 4. The molecular weight excluding hydrogens is 328 g/mol. The predicted molar refractivity (Wildman–Crippen MR) is 101 cm³/mol. The number of amides is 1. The predicted octanol–water partition coefficient (Wildman–Crippen LogP) is 1.88. The van der Waals surface area contributed by atoms with Crippen molar-refractivity contribution in [1.29, 1.82) is 0 Å². The van der Waals surface area contributed by atoms with Crippen LogP contribution in [0.4, 0.5) is 5.69 Å². The van der Waals surface area contributed by atoms with Gasteiger partial charge in [0, 0.05) is 37.7 Å². The smallest absolute Gasteiger partial charge is 0.270 e. The molecule has 3 heterocycles. The number of para-hydroxylation sites is 1. The number of nitrogens with one attached hydrogen (secondary N) is 1. The first-order valence-electron chi connectivity index (χ1n) is 8.81. The molecule has 0 saturated carbocycles. The summed E-state index contributed by atoms with van der Waals surface area (Å²) in [5.41, 5.74) is 2.82. The highest BCUT2D eigenvalue weighted by atomic mass is 16.2. The number of rotatable bonds is 4. The highest BCUT2D eigenvalue weighted by Gasteiger charge is 2.17. The van der Waals surface area contributed by atoms with Crippen LogP contribution in [0.25, 0.3) is 5.65 Å². The maximum absolute atomic E-state index is 12.5. The Kier molecular flexibility index (Phi) is 4.39. The Morgan fingerprint density at radius 2 is 2.00 bits per heavy atom. The summed E-state index contributed by atoms with van der Waals surface area (Å²) in [6, 6.07) is 13.7. The van der Waals surface area contributed by atoms with Crippen LogP contribution in [0.3, 0.4) is 0 Å². The molecule has 1 N–H and O–H groups in total. The molecule has 1 aliphatic heterocycles. The Morgan fingerprint density at radius 1 is 1.15 bits per heavy atom. The summed E-state index contributed by atoms with van der Waals surface area (Å²) in [5, 5.41) is 2.85. The van der Waals surface area contributed by atoms with E-state index < -0.39 is 0 Å². The number of benzene rings is 1. The van der Waals surface area contributed by atoms with Crippen molar-refractivity contribution < 1.29 is 4.79 Å². The quantitative estimate of drug-likeness (QED) is 0.782. The summed E-state index contributed by atoms with van der Waals surface area (Å²) >= 11 is 0. The molecule has 0 spiro atoms. The first-order valence-corrected chi connectivity index (χ1v) is 8.81. The summed E-state index contributed by atoms with van der Waals surface area (Å²) in [5.74, 6) is -0.383. The number of aromatic nitrogens is 2. The zero-order valence-electron chi connectivity index (χ0n) is 14.4. The van der Waals surface area contributed by atoms with Crippen molar-refractivity contribution in [3.8, 4) is 0 Å². The van der Waals surface area contributed by atoms with Crippen LogP contribution in [0.2, 0.25) is 0 Å². The third-order valence-corrected chi connectivity index (χ3v) is 4.73. The van der Waals surface area contributed by atoms with Crippen LogP contribution in [0, 0.1) is 0 Å². The zero-order valence-corrected chi connectivity index (χ0v) is 14.4. The minimum atomic E-state index is -0.383. The van der Waals surface area contributed by atoms with Gasteiger partial charge >= 0.3 is 0 Å². The summed E-state index contributed by atoms with van der Waals surface area (Å²) < 4.78 is 1.38. The number of pyridine rings is 1.